The maximum absolute atomic E-state index is 12.9. The summed E-state index contributed by atoms with van der Waals surface area (Å²) in [6, 6.07) is 5.58. The van der Waals surface area contributed by atoms with Crippen molar-refractivity contribution in [3.63, 3.8) is 0 Å². The van der Waals surface area contributed by atoms with Crippen LogP contribution in [0.5, 0.6) is 0 Å². The van der Waals surface area contributed by atoms with Gasteiger partial charge in [0.05, 0.1) is 28.5 Å². The number of methoxy groups -OCH3 is 2. The van der Waals surface area contributed by atoms with Crippen LogP contribution in [0.2, 0.25) is 0 Å². The van der Waals surface area contributed by atoms with Crippen molar-refractivity contribution in [1.29, 1.82) is 0 Å². The van der Waals surface area contributed by atoms with Crippen LogP contribution in [0, 0.1) is 29.6 Å². The van der Waals surface area contributed by atoms with Crippen molar-refractivity contribution in [2.24, 2.45) is 29.6 Å². The fourth-order valence-corrected chi connectivity index (χ4v) is 9.27. The Bertz CT molecular complexity index is 1680. The van der Waals surface area contributed by atoms with Gasteiger partial charge in [0.2, 0.25) is 23.6 Å². The summed E-state index contributed by atoms with van der Waals surface area (Å²) in [6.45, 7) is 7.88. The molecule has 0 saturated heterocycles. The molecule has 2 rings (SSSR count). The number of rotatable bonds is 26. The number of hydrogen-bond donors (Lipinski definition) is 6. The van der Waals surface area contributed by atoms with Gasteiger partial charge in [0.25, 0.3) is 5.91 Å². The van der Waals surface area contributed by atoms with Crippen LogP contribution in [0.3, 0.4) is 0 Å². The standard InChI is InChI=1S/C20H31N3O6S2.C20H30N2O6S2/c1-13(2)7-8-14(20(27)23(28)12-31-17-6-5-11-30-17)18(25)22-15(19(26)21-3)9-10-16(24)29-4;1-12(2)10-13(11-30-16-6-5-9-29-16)17(20(26)27)19(25)22-14(18(24)21-3)7-8-15(23)28-4/h5-6,11,13-15,28H,7-10,12H2,1-4H3,(H,21,26)(H,22,25);5-6,9,12-14,17H,7-8,10-11H2,1-4H3,(H,21,24)(H,22,25)(H,26,27)/t14-,15-;13-,14-,17-/m00/s1. The maximum atomic E-state index is 12.9. The summed E-state index contributed by atoms with van der Waals surface area (Å²) >= 11 is 5.84. The number of carboxylic acids is 1. The van der Waals surface area contributed by atoms with E-state index in [1.807, 2.05) is 62.7 Å². The van der Waals surface area contributed by atoms with E-state index in [4.69, 9.17) is 0 Å². The van der Waals surface area contributed by atoms with E-state index < -0.39 is 77.3 Å². The Kier molecular flexibility index (Phi) is 26.9. The van der Waals surface area contributed by atoms with Crippen LogP contribution in [-0.4, -0.2) is 115 Å². The number of thiophene rings is 2. The minimum absolute atomic E-state index is 0.0171. The zero-order valence-electron chi connectivity index (χ0n) is 35.9. The molecule has 2 aromatic heterocycles. The summed E-state index contributed by atoms with van der Waals surface area (Å²) in [5.41, 5.74) is 0. The maximum Gasteiger partial charge on any atom is 0.316 e. The van der Waals surface area contributed by atoms with Gasteiger partial charge in [-0.15, -0.1) is 34.4 Å². The molecule has 2 heterocycles. The lowest BCUT2D eigenvalue weighted by Crippen LogP contribution is -2.50. The van der Waals surface area contributed by atoms with Crippen LogP contribution in [0.1, 0.15) is 72.6 Å². The lowest BCUT2D eigenvalue weighted by atomic mass is 9.86. The molecular weight excluding hydrogens is 871 g/mol. The van der Waals surface area contributed by atoms with Crippen LogP contribution >= 0.6 is 46.2 Å². The molecule has 0 radical (unpaired) electrons. The van der Waals surface area contributed by atoms with Gasteiger partial charge < -0.3 is 35.8 Å². The molecule has 0 bridgehead atoms. The van der Waals surface area contributed by atoms with E-state index in [2.05, 4.69) is 30.7 Å². The summed E-state index contributed by atoms with van der Waals surface area (Å²) in [5, 5.41) is 34.4. The number of nitrogens with one attached hydrogen (secondary N) is 4. The van der Waals surface area contributed by atoms with Crippen molar-refractivity contribution in [2.75, 3.05) is 39.9 Å². The molecule has 0 aliphatic heterocycles. The number of ether oxygens (including phenoxy) is 2. The van der Waals surface area contributed by atoms with Crippen LogP contribution in [0.15, 0.2) is 43.4 Å². The third-order valence-electron chi connectivity index (χ3n) is 8.94. The zero-order chi connectivity index (χ0) is 46.1. The third kappa shape index (κ3) is 21.5. The first-order chi connectivity index (χ1) is 28.9. The molecule has 2 aromatic rings. The van der Waals surface area contributed by atoms with Gasteiger partial charge in [-0.05, 0) is 72.8 Å². The predicted molar refractivity (Wildman–Crippen MR) is 235 cm³/mol. The van der Waals surface area contributed by atoms with Crippen LogP contribution < -0.4 is 21.3 Å². The van der Waals surface area contributed by atoms with Crippen LogP contribution in [0.4, 0.5) is 0 Å². The second-order valence-corrected chi connectivity index (χ2v) is 19.0. The summed E-state index contributed by atoms with van der Waals surface area (Å²) in [6.07, 6.45) is 1.27. The first-order valence-electron chi connectivity index (χ1n) is 19.6. The predicted octanol–water partition coefficient (Wildman–Crippen LogP) is 4.64. The average molecular weight is 932 g/mol. The molecule has 0 aliphatic carbocycles. The number of likely N-dealkylation sites (N-methyl/N-ethyl adjacent to an activating group) is 2. The normalized spacial score (nSPS) is 13.3. The average Bonchev–Trinajstić information content (AvgIpc) is 3.96. The fourth-order valence-electron chi connectivity index (χ4n) is 5.70. The largest absolute Gasteiger partial charge is 0.481 e. The number of carboxylic acid groups (broad SMARTS) is 1. The van der Waals surface area contributed by atoms with Crippen molar-refractivity contribution in [1.82, 2.24) is 26.3 Å². The van der Waals surface area contributed by atoms with Crippen molar-refractivity contribution >= 4 is 93.6 Å². The molecule has 0 aliphatic rings. The second-order valence-electron chi connectivity index (χ2n) is 14.5. The highest BCUT2D eigenvalue weighted by Crippen LogP contribution is 2.32. The Hall–Kier alpha value is -4.18. The minimum atomic E-state index is -1.30. The number of thioether (sulfide) groups is 2. The molecule has 6 N–H and O–H groups in total. The Morgan fingerprint density at radius 3 is 1.61 bits per heavy atom. The van der Waals surface area contributed by atoms with Gasteiger partial charge in [0.15, 0.2) is 0 Å². The molecule has 0 spiro atoms. The molecule has 5 amide bonds. The highest BCUT2D eigenvalue weighted by atomic mass is 32.2. The van der Waals surface area contributed by atoms with E-state index in [0.717, 1.165) is 8.42 Å². The minimum Gasteiger partial charge on any atom is -0.481 e. The van der Waals surface area contributed by atoms with Gasteiger partial charge in [0, 0.05) is 32.7 Å². The molecule has 0 saturated carbocycles. The van der Waals surface area contributed by atoms with E-state index >= 15 is 0 Å². The van der Waals surface area contributed by atoms with Crippen molar-refractivity contribution in [3.8, 4) is 0 Å². The number of aliphatic carboxylic acids is 1. The molecule has 0 unspecified atom stereocenters. The highest BCUT2D eigenvalue weighted by Gasteiger charge is 2.37. The van der Waals surface area contributed by atoms with Gasteiger partial charge in [-0.2, -0.15) is 0 Å². The van der Waals surface area contributed by atoms with E-state index in [0.29, 0.717) is 23.7 Å². The van der Waals surface area contributed by atoms with Gasteiger partial charge in [-0.1, -0.05) is 51.6 Å². The molecule has 342 valence electrons. The molecule has 61 heavy (non-hydrogen) atoms. The topological polar surface area (TPSA) is 247 Å². The quantitative estimate of drug-likeness (QED) is 0.0188. The van der Waals surface area contributed by atoms with Crippen molar-refractivity contribution < 1.29 is 58.1 Å². The van der Waals surface area contributed by atoms with Crippen LogP contribution in [-0.2, 0) is 47.8 Å². The fraction of sp³-hybridized carbons (Fsp3) is 0.600. The van der Waals surface area contributed by atoms with Gasteiger partial charge in [-0.25, -0.2) is 5.06 Å². The number of nitrogens with zero attached hydrogens (tertiary/aromatic N) is 1. The molecule has 5 atom stereocenters. The number of amides is 5. The summed E-state index contributed by atoms with van der Waals surface area (Å²) in [7, 11) is 5.30. The van der Waals surface area contributed by atoms with Crippen LogP contribution in [0.25, 0.3) is 0 Å². The lowest BCUT2D eigenvalue weighted by Gasteiger charge is -2.26. The SMILES string of the molecule is CNC(=O)[C@H](CCC(=O)OC)NC(=O)[C@@H](C(=O)O)[C@H](CSc1cccs1)CC(C)C.CNC(=O)[C@H](CCC(=O)OC)NC(=O)[C@H](CCC(C)C)C(=O)N(O)CSc1cccs1. The zero-order valence-corrected chi connectivity index (χ0v) is 39.2. The highest BCUT2D eigenvalue weighted by molar-refractivity contribution is 8.01. The Labute approximate surface area is 374 Å². The van der Waals surface area contributed by atoms with Gasteiger partial charge in [0.1, 0.15) is 23.9 Å². The van der Waals surface area contributed by atoms with Gasteiger partial charge >= 0.3 is 17.9 Å². The first-order valence-corrected chi connectivity index (χ1v) is 23.3. The second kappa shape index (κ2) is 30.0. The Morgan fingerprint density at radius 2 is 1.20 bits per heavy atom. The van der Waals surface area contributed by atoms with E-state index in [1.54, 1.807) is 11.3 Å². The number of hydroxylamine groups is 2. The number of carbonyl (C=O) groups excluding carboxylic acids is 7. The number of hydrogen-bond acceptors (Lipinski definition) is 15. The summed E-state index contributed by atoms with van der Waals surface area (Å²) in [4.78, 5) is 97.8. The van der Waals surface area contributed by atoms with E-state index in [1.165, 1.54) is 63.2 Å². The van der Waals surface area contributed by atoms with Crippen molar-refractivity contribution in [3.05, 3.63) is 35.0 Å². The Balaban J connectivity index is 0.000000610. The third-order valence-corrected chi connectivity index (χ3v) is 13.4. The molecular formula is C40H61N5O12S4. The van der Waals surface area contributed by atoms with E-state index in [9.17, 15) is 48.7 Å². The molecule has 21 heteroatoms. The first kappa shape index (κ1) is 54.8. The van der Waals surface area contributed by atoms with Crippen molar-refractivity contribution in [2.45, 2.75) is 93.1 Å². The summed E-state index contributed by atoms with van der Waals surface area (Å²) < 4.78 is 11.1. The van der Waals surface area contributed by atoms with E-state index in [-0.39, 0.29) is 49.8 Å². The van der Waals surface area contributed by atoms with Gasteiger partial charge in [-0.3, -0.25) is 43.6 Å². The number of esters is 2. The lowest BCUT2D eigenvalue weighted by molar-refractivity contribution is -0.168. The molecule has 0 aromatic carbocycles. The monoisotopic (exact) mass is 931 g/mol. The molecule has 0 fully saturated rings. The smallest absolute Gasteiger partial charge is 0.316 e. The number of carbonyl (C=O) groups is 8. The summed E-state index contributed by atoms with van der Waals surface area (Å²) in [5.74, 6) is -7.34. The Morgan fingerprint density at radius 1 is 0.705 bits per heavy atom. The molecule has 17 nitrogen and oxygen atoms in total.